The lowest BCUT2D eigenvalue weighted by atomic mass is 9.89. The quantitative estimate of drug-likeness (QED) is 0.794. The van der Waals surface area contributed by atoms with Crippen LogP contribution < -0.4 is 5.32 Å². The smallest absolute Gasteiger partial charge is 0.270 e. The molecule has 28 heavy (non-hydrogen) atoms. The Labute approximate surface area is 167 Å². The van der Waals surface area contributed by atoms with Crippen LogP contribution in [0.2, 0.25) is 0 Å². The molecule has 2 atom stereocenters. The standard InChI is InChI=1S/C23H33N3O2/c1-2-26(23(27)22-14-18-6-3-4-9-21(18)25-22)20-8-5-7-19(15-20)24-16-17-10-12-28-13-11-17/h3-4,6,9,14,17,19-20,24-25H,2,5,7-8,10-13,15-16H2,1H3/t19-,20-/m0/s1. The van der Waals surface area contributed by atoms with Crippen molar-refractivity contribution in [2.45, 2.75) is 57.5 Å². The molecule has 4 rings (SSSR count). The number of aromatic nitrogens is 1. The van der Waals surface area contributed by atoms with E-state index in [9.17, 15) is 4.79 Å². The van der Waals surface area contributed by atoms with E-state index in [1.54, 1.807) is 0 Å². The molecule has 2 aromatic rings. The van der Waals surface area contributed by atoms with E-state index in [0.29, 0.717) is 17.8 Å². The largest absolute Gasteiger partial charge is 0.381 e. The first-order chi connectivity index (χ1) is 13.7. The minimum absolute atomic E-state index is 0.133. The lowest BCUT2D eigenvalue weighted by molar-refractivity contribution is 0.0583. The van der Waals surface area contributed by atoms with Crippen molar-refractivity contribution in [3.8, 4) is 0 Å². The molecule has 0 bridgehead atoms. The molecular weight excluding hydrogens is 350 g/mol. The van der Waals surface area contributed by atoms with Crippen LogP contribution in [0.1, 0.15) is 55.9 Å². The molecule has 5 heteroatoms. The fourth-order valence-corrected chi connectivity index (χ4v) is 4.83. The van der Waals surface area contributed by atoms with Gasteiger partial charge in [0.15, 0.2) is 0 Å². The Morgan fingerprint density at radius 3 is 2.82 bits per heavy atom. The van der Waals surface area contributed by atoms with Crippen molar-refractivity contribution in [2.75, 3.05) is 26.3 Å². The molecular formula is C23H33N3O2. The van der Waals surface area contributed by atoms with Gasteiger partial charge in [-0.2, -0.15) is 0 Å². The van der Waals surface area contributed by atoms with Gasteiger partial charge in [-0.25, -0.2) is 0 Å². The van der Waals surface area contributed by atoms with Gasteiger partial charge in [0.05, 0.1) is 0 Å². The lowest BCUT2D eigenvalue weighted by Crippen LogP contribution is -2.47. The number of hydrogen-bond acceptors (Lipinski definition) is 3. The molecule has 2 N–H and O–H groups in total. The van der Waals surface area contributed by atoms with Crippen molar-refractivity contribution in [2.24, 2.45) is 5.92 Å². The molecule has 1 amide bonds. The van der Waals surface area contributed by atoms with Gasteiger partial charge in [-0.3, -0.25) is 4.79 Å². The molecule has 5 nitrogen and oxygen atoms in total. The fraction of sp³-hybridized carbons (Fsp3) is 0.609. The van der Waals surface area contributed by atoms with Gasteiger partial charge >= 0.3 is 0 Å². The number of para-hydroxylation sites is 1. The van der Waals surface area contributed by atoms with Crippen LogP contribution in [-0.4, -0.2) is 54.2 Å². The van der Waals surface area contributed by atoms with Crippen molar-refractivity contribution in [1.29, 1.82) is 0 Å². The summed E-state index contributed by atoms with van der Waals surface area (Å²) >= 11 is 0. The molecule has 1 aliphatic carbocycles. The molecule has 1 aromatic heterocycles. The average molecular weight is 384 g/mol. The summed E-state index contributed by atoms with van der Waals surface area (Å²) in [5, 5.41) is 4.90. The third kappa shape index (κ3) is 4.41. The summed E-state index contributed by atoms with van der Waals surface area (Å²) in [6.07, 6.45) is 6.91. The van der Waals surface area contributed by atoms with Gasteiger partial charge in [0.1, 0.15) is 5.69 Å². The first kappa shape index (κ1) is 19.5. The molecule has 2 heterocycles. The van der Waals surface area contributed by atoms with Gasteiger partial charge in [-0.15, -0.1) is 0 Å². The molecule has 1 saturated carbocycles. The Balaban J connectivity index is 1.38. The van der Waals surface area contributed by atoms with Gasteiger partial charge in [0.25, 0.3) is 5.91 Å². The third-order valence-electron chi connectivity index (χ3n) is 6.49. The highest BCUT2D eigenvalue weighted by Crippen LogP contribution is 2.26. The Bertz CT molecular complexity index is 748. The van der Waals surface area contributed by atoms with E-state index in [0.717, 1.165) is 56.0 Å². The molecule has 1 aliphatic heterocycles. The van der Waals surface area contributed by atoms with Gasteiger partial charge < -0.3 is 19.9 Å². The molecule has 1 aromatic carbocycles. The Hall–Kier alpha value is -1.85. The number of ether oxygens (including phenoxy) is 1. The topological polar surface area (TPSA) is 57.4 Å². The molecule has 2 aliphatic rings. The van der Waals surface area contributed by atoms with Crippen LogP contribution in [0.4, 0.5) is 0 Å². The van der Waals surface area contributed by atoms with Crippen molar-refractivity contribution in [1.82, 2.24) is 15.2 Å². The maximum absolute atomic E-state index is 13.2. The predicted molar refractivity (Wildman–Crippen MR) is 113 cm³/mol. The number of rotatable bonds is 6. The van der Waals surface area contributed by atoms with E-state index in [1.807, 2.05) is 24.3 Å². The molecule has 152 valence electrons. The van der Waals surface area contributed by atoms with Crippen LogP contribution in [0.25, 0.3) is 10.9 Å². The summed E-state index contributed by atoms with van der Waals surface area (Å²) in [4.78, 5) is 18.6. The molecule has 0 radical (unpaired) electrons. The zero-order valence-electron chi connectivity index (χ0n) is 17.0. The molecule has 1 saturated heterocycles. The van der Waals surface area contributed by atoms with Crippen LogP contribution in [-0.2, 0) is 4.74 Å². The number of nitrogens with one attached hydrogen (secondary N) is 2. The van der Waals surface area contributed by atoms with E-state index in [4.69, 9.17) is 4.74 Å². The summed E-state index contributed by atoms with van der Waals surface area (Å²) in [5.74, 6) is 0.873. The van der Waals surface area contributed by atoms with Crippen LogP contribution in [0, 0.1) is 5.92 Å². The number of amides is 1. The van der Waals surface area contributed by atoms with Gasteiger partial charge in [0, 0.05) is 42.7 Å². The first-order valence-electron chi connectivity index (χ1n) is 10.9. The lowest BCUT2D eigenvalue weighted by Gasteiger charge is -2.38. The van der Waals surface area contributed by atoms with E-state index in [2.05, 4.69) is 28.2 Å². The zero-order valence-corrected chi connectivity index (χ0v) is 17.0. The average Bonchev–Trinajstić information content (AvgIpc) is 3.18. The number of hydrogen-bond donors (Lipinski definition) is 2. The highest BCUT2D eigenvalue weighted by atomic mass is 16.5. The fourth-order valence-electron chi connectivity index (χ4n) is 4.83. The summed E-state index contributed by atoms with van der Waals surface area (Å²) < 4.78 is 5.47. The molecule has 0 unspecified atom stereocenters. The molecule has 0 spiro atoms. The Kier molecular flexibility index (Phi) is 6.33. The highest BCUT2D eigenvalue weighted by molar-refractivity contribution is 5.98. The normalized spacial score (nSPS) is 23.8. The van der Waals surface area contributed by atoms with E-state index in [1.165, 1.54) is 25.7 Å². The summed E-state index contributed by atoms with van der Waals surface area (Å²) in [6, 6.07) is 10.9. The van der Waals surface area contributed by atoms with Gasteiger partial charge in [0.2, 0.25) is 0 Å². The van der Waals surface area contributed by atoms with Crippen LogP contribution in [0.3, 0.4) is 0 Å². The number of nitrogens with zero attached hydrogens (tertiary/aromatic N) is 1. The zero-order chi connectivity index (χ0) is 19.3. The first-order valence-corrected chi connectivity index (χ1v) is 10.9. The SMILES string of the molecule is CCN(C(=O)c1cc2ccccc2[nH]1)[C@H]1CCC[C@H](NCC2CCOCC2)C1. The van der Waals surface area contributed by atoms with Crippen LogP contribution in [0.5, 0.6) is 0 Å². The van der Waals surface area contributed by atoms with Crippen molar-refractivity contribution < 1.29 is 9.53 Å². The Morgan fingerprint density at radius 1 is 1.21 bits per heavy atom. The number of carbonyl (C=O) groups excluding carboxylic acids is 1. The minimum atomic E-state index is 0.133. The van der Waals surface area contributed by atoms with Gasteiger partial charge in [-0.05, 0) is 70.0 Å². The van der Waals surface area contributed by atoms with Crippen molar-refractivity contribution >= 4 is 16.8 Å². The maximum atomic E-state index is 13.2. The van der Waals surface area contributed by atoms with E-state index < -0.39 is 0 Å². The number of carbonyl (C=O) groups is 1. The van der Waals surface area contributed by atoms with Crippen molar-refractivity contribution in [3.05, 3.63) is 36.0 Å². The molecule has 2 fully saturated rings. The monoisotopic (exact) mass is 383 g/mol. The minimum Gasteiger partial charge on any atom is -0.381 e. The second-order valence-corrected chi connectivity index (χ2v) is 8.34. The number of fused-ring (bicyclic) bond motifs is 1. The van der Waals surface area contributed by atoms with E-state index >= 15 is 0 Å². The summed E-state index contributed by atoms with van der Waals surface area (Å²) in [6.45, 7) is 5.75. The Morgan fingerprint density at radius 2 is 2.04 bits per heavy atom. The number of benzene rings is 1. The summed E-state index contributed by atoms with van der Waals surface area (Å²) in [7, 11) is 0. The maximum Gasteiger partial charge on any atom is 0.270 e. The van der Waals surface area contributed by atoms with Crippen LogP contribution in [0.15, 0.2) is 30.3 Å². The highest BCUT2D eigenvalue weighted by Gasteiger charge is 2.30. The number of aromatic amines is 1. The number of H-pyrrole nitrogens is 1. The third-order valence-corrected chi connectivity index (χ3v) is 6.49. The van der Waals surface area contributed by atoms with Gasteiger partial charge in [-0.1, -0.05) is 18.2 Å². The second kappa shape index (κ2) is 9.10. The van der Waals surface area contributed by atoms with E-state index in [-0.39, 0.29) is 5.91 Å². The van der Waals surface area contributed by atoms with Crippen LogP contribution >= 0.6 is 0 Å². The van der Waals surface area contributed by atoms with Crippen molar-refractivity contribution in [3.63, 3.8) is 0 Å². The second-order valence-electron chi connectivity index (χ2n) is 8.34. The summed E-state index contributed by atoms with van der Waals surface area (Å²) in [5.41, 5.74) is 1.74. The predicted octanol–water partition coefficient (Wildman–Crippen LogP) is 3.96.